The van der Waals surface area contributed by atoms with Crippen LogP contribution in [0.4, 0.5) is 17.1 Å². The molecule has 0 bridgehead atoms. The van der Waals surface area contributed by atoms with Crippen LogP contribution in [0.1, 0.15) is 33.4 Å². The lowest BCUT2D eigenvalue weighted by Gasteiger charge is -2.33. The maximum absolute atomic E-state index is 2.50. The molecular weight excluding hydrogens is 699 g/mol. The molecule has 0 saturated carbocycles. The molecule has 1 spiro atoms. The van der Waals surface area contributed by atoms with Crippen LogP contribution in [0.2, 0.25) is 0 Å². The first-order valence-electron chi connectivity index (χ1n) is 20.3. The molecule has 1 nitrogen and oxygen atoms in total. The van der Waals surface area contributed by atoms with Gasteiger partial charge in [0.25, 0.3) is 0 Å². The molecule has 2 aliphatic rings. The Bertz CT molecular complexity index is 2950. The van der Waals surface area contributed by atoms with Gasteiger partial charge in [0.1, 0.15) is 0 Å². The zero-order chi connectivity index (χ0) is 38.8. The van der Waals surface area contributed by atoms with Crippen LogP contribution in [-0.4, -0.2) is 0 Å². The molecule has 0 radical (unpaired) electrons. The summed E-state index contributed by atoms with van der Waals surface area (Å²) in [6.07, 6.45) is 0. The highest BCUT2D eigenvalue weighted by Crippen LogP contribution is 2.63. The van der Waals surface area contributed by atoms with E-state index in [1.165, 1.54) is 89.0 Å². The van der Waals surface area contributed by atoms with E-state index in [0.717, 1.165) is 17.1 Å². The number of rotatable bonds is 6. The average Bonchev–Trinajstić information content (AvgIpc) is 3.73. The average molecular weight is 740 g/mol. The molecule has 0 heterocycles. The van der Waals surface area contributed by atoms with Crippen LogP contribution >= 0.6 is 0 Å². The summed E-state index contributed by atoms with van der Waals surface area (Å²) in [7, 11) is 0. The molecule has 0 aromatic heterocycles. The van der Waals surface area contributed by atoms with Crippen molar-refractivity contribution in [3.63, 3.8) is 0 Å². The molecule has 11 rings (SSSR count). The highest BCUT2D eigenvalue weighted by Gasteiger charge is 2.52. The van der Waals surface area contributed by atoms with Crippen molar-refractivity contribution >= 4 is 17.1 Å². The van der Waals surface area contributed by atoms with Gasteiger partial charge in [-0.25, -0.2) is 0 Å². The van der Waals surface area contributed by atoms with Crippen molar-refractivity contribution in [2.24, 2.45) is 0 Å². The van der Waals surface area contributed by atoms with E-state index < -0.39 is 5.41 Å². The molecule has 274 valence electrons. The van der Waals surface area contributed by atoms with Crippen molar-refractivity contribution in [3.8, 4) is 55.6 Å². The first kappa shape index (κ1) is 34.1. The highest BCUT2D eigenvalue weighted by atomic mass is 15.1. The van der Waals surface area contributed by atoms with E-state index in [1.807, 2.05) is 0 Å². The van der Waals surface area contributed by atoms with Crippen molar-refractivity contribution in [1.29, 1.82) is 0 Å². The van der Waals surface area contributed by atoms with Crippen LogP contribution in [0.5, 0.6) is 0 Å². The second-order valence-corrected chi connectivity index (χ2v) is 15.8. The first-order valence-corrected chi connectivity index (χ1v) is 20.3. The number of nitrogens with zero attached hydrogens (tertiary/aromatic N) is 1. The lowest BCUT2D eigenvalue weighted by molar-refractivity contribution is 0.791. The van der Waals surface area contributed by atoms with Gasteiger partial charge in [0.05, 0.1) is 11.1 Å². The van der Waals surface area contributed by atoms with Crippen LogP contribution < -0.4 is 4.90 Å². The standard InChI is InChI=1S/C57H41N/c1-38-22-30-48-49-31-23-39(2)35-54(49)57(53(48)34-38)52-21-13-12-20-47(52)50-32-29-46(37-55(50)57)58(45-27-24-42(25-28-45)40-14-6-3-7-15-40)56-33-26-44(41-16-8-4-9-17-41)36-51(56)43-18-10-5-11-19-43/h3-37H,1-2H3. The molecule has 2 aliphatic carbocycles. The van der Waals surface area contributed by atoms with Gasteiger partial charge in [0.2, 0.25) is 0 Å². The summed E-state index contributed by atoms with van der Waals surface area (Å²) in [6.45, 7) is 4.46. The molecule has 0 saturated heterocycles. The van der Waals surface area contributed by atoms with Crippen LogP contribution in [-0.2, 0) is 5.41 Å². The molecule has 0 fully saturated rings. The van der Waals surface area contributed by atoms with Gasteiger partial charge in [0.15, 0.2) is 0 Å². The van der Waals surface area contributed by atoms with Gasteiger partial charge in [-0.3, -0.25) is 0 Å². The Labute approximate surface area is 341 Å². The third-order valence-corrected chi connectivity index (χ3v) is 12.4. The SMILES string of the molecule is Cc1ccc2c(c1)C1(c3ccccc3-c3ccc(N(c4ccc(-c5ccccc5)cc4)c4ccc(-c5ccccc5)cc4-c4ccccc4)cc31)c1cc(C)ccc1-2. The summed E-state index contributed by atoms with van der Waals surface area (Å²) in [4.78, 5) is 2.48. The fraction of sp³-hybridized carbons (Fsp3) is 0.0526. The quantitative estimate of drug-likeness (QED) is 0.164. The fourth-order valence-corrected chi connectivity index (χ4v) is 9.79. The Kier molecular flexibility index (Phi) is 7.91. The maximum Gasteiger partial charge on any atom is 0.0726 e. The van der Waals surface area contributed by atoms with Crippen LogP contribution in [0.3, 0.4) is 0 Å². The molecule has 0 aliphatic heterocycles. The Morgan fingerprint density at radius 2 is 0.741 bits per heavy atom. The summed E-state index contributed by atoms with van der Waals surface area (Å²) >= 11 is 0. The van der Waals surface area contributed by atoms with E-state index in [9.17, 15) is 0 Å². The van der Waals surface area contributed by atoms with E-state index in [1.54, 1.807) is 0 Å². The van der Waals surface area contributed by atoms with Gasteiger partial charge in [-0.2, -0.15) is 0 Å². The molecule has 0 atom stereocenters. The van der Waals surface area contributed by atoms with E-state index in [2.05, 4.69) is 231 Å². The van der Waals surface area contributed by atoms with Crippen molar-refractivity contribution in [3.05, 3.63) is 246 Å². The normalized spacial score (nSPS) is 12.8. The largest absolute Gasteiger partial charge is 0.310 e. The smallest absolute Gasteiger partial charge is 0.0726 e. The van der Waals surface area contributed by atoms with Crippen molar-refractivity contribution in [1.82, 2.24) is 0 Å². The minimum absolute atomic E-state index is 0.451. The van der Waals surface area contributed by atoms with Crippen LogP contribution in [0.25, 0.3) is 55.6 Å². The van der Waals surface area contributed by atoms with Gasteiger partial charge in [0, 0.05) is 16.9 Å². The predicted octanol–water partition coefficient (Wildman–Crippen LogP) is 15.1. The van der Waals surface area contributed by atoms with E-state index in [4.69, 9.17) is 0 Å². The number of hydrogen-bond acceptors (Lipinski definition) is 1. The Morgan fingerprint density at radius 1 is 0.293 bits per heavy atom. The second-order valence-electron chi connectivity index (χ2n) is 15.8. The summed E-state index contributed by atoms with van der Waals surface area (Å²) in [5.41, 5.74) is 23.3. The fourth-order valence-electron chi connectivity index (χ4n) is 9.79. The number of benzene rings is 9. The number of hydrogen-bond donors (Lipinski definition) is 0. The minimum atomic E-state index is -0.451. The van der Waals surface area contributed by atoms with Crippen molar-refractivity contribution in [2.45, 2.75) is 19.3 Å². The maximum atomic E-state index is 2.50. The Morgan fingerprint density at radius 3 is 1.36 bits per heavy atom. The summed E-state index contributed by atoms with van der Waals surface area (Å²) in [5.74, 6) is 0. The molecular formula is C57H41N. The zero-order valence-electron chi connectivity index (χ0n) is 32.7. The second kappa shape index (κ2) is 13.5. The topological polar surface area (TPSA) is 3.24 Å². The molecule has 1 heteroatoms. The predicted molar refractivity (Wildman–Crippen MR) is 243 cm³/mol. The van der Waals surface area contributed by atoms with Gasteiger partial charge >= 0.3 is 0 Å². The van der Waals surface area contributed by atoms with Crippen molar-refractivity contribution < 1.29 is 0 Å². The molecule has 0 N–H and O–H groups in total. The third kappa shape index (κ3) is 5.24. The molecule has 58 heavy (non-hydrogen) atoms. The van der Waals surface area contributed by atoms with Crippen LogP contribution in [0, 0.1) is 13.8 Å². The summed E-state index contributed by atoms with van der Waals surface area (Å²) < 4.78 is 0. The number of aryl methyl sites for hydroxylation is 2. The minimum Gasteiger partial charge on any atom is -0.310 e. The van der Waals surface area contributed by atoms with Gasteiger partial charge in [-0.1, -0.05) is 187 Å². The van der Waals surface area contributed by atoms with Gasteiger partial charge < -0.3 is 4.90 Å². The van der Waals surface area contributed by atoms with Gasteiger partial charge in [-0.05, 0) is 123 Å². The Balaban J connectivity index is 1.19. The van der Waals surface area contributed by atoms with E-state index >= 15 is 0 Å². The lowest BCUT2D eigenvalue weighted by atomic mass is 9.70. The zero-order valence-corrected chi connectivity index (χ0v) is 32.7. The van der Waals surface area contributed by atoms with Crippen molar-refractivity contribution in [2.75, 3.05) is 4.90 Å². The number of anilines is 3. The molecule has 9 aromatic rings. The summed E-state index contributed by atoms with van der Waals surface area (Å²) in [6, 6.07) is 78.7. The van der Waals surface area contributed by atoms with E-state index in [0.29, 0.717) is 0 Å². The van der Waals surface area contributed by atoms with Crippen LogP contribution in [0.15, 0.2) is 212 Å². The monoisotopic (exact) mass is 739 g/mol. The highest BCUT2D eigenvalue weighted by molar-refractivity contribution is 5.98. The molecule has 0 amide bonds. The summed E-state index contributed by atoms with van der Waals surface area (Å²) in [5, 5.41) is 0. The lowest BCUT2D eigenvalue weighted by Crippen LogP contribution is -2.26. The number of fused-ring (bicyclic) bond motifs is 10. The van der Waals surface area contributed by atoms with Gasteiger partial charge in [-0.15, -0.1) is 0 Å². The molecule has 0 unspecified atom stereocenters. The first-order chi connectivity index (χ1) is 28.6. The van der Waals surface area contributed by atoms with E-state index in [-0.39, 0.29) is 0 Å². The third-order valence-electron chi connectivity index (χ3n) is 12.4. The Hall–Kier alpha value is -7.22. The molecule has 9 aromatic carbocycles.